The van der Waals surface area contributed by atoms with Gasteiger partial charge in [0.1, 0.15) is 0 Å². The van der Waals surface area contributed by atoms with Crippen molar-refractivity contribution in [1.29, 1.82) is 0 Å². The fraction of sp³-hybridized carbons (Fsp3) is 0.750. The summed E-state index contributed by atoms with van der Waals surface area (Å²) in [4.78, 5) is 5.14. The standard InChI is InChI=1S/C24H40N6/c1-17-9-18(2)12-27(11-17)15-23-25-26-24(16-28-13-19(3)10-20(4)14-28)30(23)29-21(5)7-8-22(29)6/h7-8,17-20H,9-16H2,1-6H3/t17-,18-,19-,20-/m1/s1. The molecule has 0 N–H and O–H groups in total. The van der Waals surface area contributed by atoms with Gasteiger partial charge >= 0.3 is 0 Å². The van der Waals surface area contributed by atoms with Crippen molar-refractivity contribution in [2.75, 3.05) is 26.2 Å². The molecule has 2 aliphatic rings. The van der Waals surface area contributed by atoms with Gasteiger partial charge in [-0.05, 0) is 62.5 Å². The number of nitrogens with zero attached hydrogens (tertiary/aromatic N) is 6. The molecule has 2 aromatic rings. The Bertz CT molecular complexity index is 767. The third kappa shape index (κ3) is 4.65. The minimum Gasteiger partial charge on any atom is -0.295 e. The number of likely N-dealkylation sites (tertiary alicyclic amines) is 2. The highest BCUT2D eigenvalue weighted by atomic mass is 15.5. The summed E-state index contributed by atoms with van der Waals surface area (Å²) in [6.45, 7) is 20.2. The summed E-state index contributed by atoms with van der Waals surface area (Å²) < 4.78 is 4.61. The normalized spacial score (nSPS) is 28.9. The van der Waals surface area contributed by atoms with Crippen molar-refractivity contribution in [2.45, 2.75) is 67.5 Å². The van der Waals surface area contributed by atoms with Crippen molar-refractivity contribution < 1.29 is 0 Å². The third-order valence-corrected chi connectivity index (χ3v) is 6.82. The summed E-state index contributed by atoms with van der Waals surface area (Å²) in [6.07, 6.45) is 2.66. The van der Waals surface area contributed by atoms with Gasteiger partial charge in [0.2, 0.25) is 0 Å². The third-order valence-electron chi connectivity index (χ3n) is 6.82. The van der Waals surface area contributed by atoms with Gasteiger partial charge in [0, 0.05) is 37.6 Å². The average Bonchev–Trinajstić information content (AvgIpc) is 3.15. The molecule has 2 aliphatic heterocycles. The van der Waals surface area contributed by atoms with E-state index in [0.717, 1.165) is 74.6 Å². The first-order valence-corrected chi connectivity index (χ1v) is 11.8. The van der Waals surface area contributed by atoms with Crippen molar-refractivity contribution in [3.63, 3.8) is 0 Å². The van der Waals surface area contributed by atoms with Crippen LogP contribution in [0.1, 0.15) is 63.6 Å². The Labute approximate surface area is 182 Å². The predicted molar refractivity (Wildman–Crippen MR) is 121 cm³/mol. The smallest absolute Gasteiger partial charge is 0.167 e. The highest BCUT2D eigenvalue weighted by Gasteiger charge is 2.27. The Balaban J connectivity index is 1.64. The molecule has 0 saturated carbocycles. The lowest BCUT2D eigenvalue weighted by Crippen LogP contribution is -2.40. The second-order valence-electron chi connectivity index (χ2n) is 10.6. The Morgan fingerprint density at radius 1 is 0.667 bits per heavy atom. The van der Waals surface area contributed by atoms with Crippen molar-refractivity contribution in [3.05, 3.63) is 35.2 Å². The minimum absolute atomic E-state index is 0.746. The predicted octanol–water partition coefficient (Wildman–Crippen LogP) is 3.96. The lowest BCUT2D eigenvalue weighted by atomic mass is 9.92. The monoisotopic (exact) mass is 412 g/mol. The maximum atomic E-state index is 4.73. The van der Waals surface area contributed by atoms with Crippen LogP contribution >= 0.6 is 0 Å². The zero-order valence-corrected chi connectivity index (χ0v) is 19.8. The van der Waals surface area contributed by atoms with Crippen molar-refractivity contribution in [3.8, 4) is 0 Å². The summed E-state index contributed by atoms with van der Waals surface area (Å²) in [5.74, 6) is 5.11. The summed E-state index contributed by atoms with van der Waals surface area (Å²) in [5.41, 5.74) is 2.46. The molecule has 6 heteroatoms. The van der Waals surface area contributed by atoms with Crippen LogP contribution in [-0.4, -0.2) is 55.5 Å². The summed E-state index contributed by atoms with van der Waals surface area (Å²) in [6, 6.07) is 4.39. The van der Waals surface area contributed by atoms with Gasteiger partial charge in [-0.3, -0.25) is 14.5 Å². The van der Waals surface area contributed by atoms with Gasteiger partial charge in [0.15, 0.2) is 11.6 Å². The number of aromatic nitrogens is 4. The fourth-order valence-electron chi connectivity index (χ4n) is 6.00. The summed E-state index contributed by atoms with van der Waals surface area (Å²) >= 11 is 0. The summed E-state index contributed by atoms with van der Waals surface area (Å²) in [5, 5.41) is 9.45. The van der Waals surface area contributed by atoms with Crippen molar-refractivity contribution in [2.24, 2.45) is 23.7 Å². The van der Waals surface area contributed by atoms with Gasteiger partial charge in [-0.2, -0.15) is 0 Å². The van der Waals surface area contributed by atoms with Crippen LogP contribution in [0.25, 0.3) is 0 Å². The van der Waals surface area contributed by atoms with Crippen LogP contribution in [0.15, 0.2) is 12.1 Å². The van der Waals surface area contributed by atoms with Crippen LogP contribution in [0.3, 0.4) is 0 Å². The SMILES string of the molecule is Cc1ccc(C)n1-n1c(CN2C[C@H](C)C[C@@H](C)C2)nnc1CN1C[C@H](C)C[C@@H](C)C1. The number of piperidine rings is 2. The molecule has 2 fully saturated rings. The van der Waals surface area contributed by atoms with E-state index in [1.54, 1.807) is 0 Å². The number of hydrogen-bond acceptors (Lipinski definition) is 4. The Hall–Kier alpha value is -1.66. The van der Waals surface area contributed by atoms with E-state index in [9.17, 15) is 0 Å². The molecule has 0 aliphatic carbocycles. The van der Waals surface area contributed by atoms with E-state index in [2.05, 4.69) is 72.8 Å². The van der Waals surface area contributed by atoms with Gasteiger partial charge in [-0.15, -0.1) is 10.2 Å². The molecule has 0 bridgehead atoms. The second kappa shape index (κ2) is 8.83. The number of aryl methyl sites for hydroxylation is 2. The molecule has 166 valence electrons. The lowest BCUT2D eigenvalue weighted by molar-refractivity contribution is 0.125. The Morgan fingerprint density at radius 2 is 1.03 bits per heavy atom. The fourth-order valence-corrected chi connectivity index (χ4v) is 6.00. The van der Waals surface area contributed by atoms with Crippen LogP contribution in [0.4, 0.5) is 0 Å². The maximum Gasteiger partial charge on any atom is 0.167 e. The molecule has 0 spiro atoms. The molecular formula is C24H40N6. The Kier molecular flexibility index (Phi) is 6.35. The first-order valence-electron chi connectivity index (χ1n) is 11.8. The van der Waals surface area contributed by atoms with Crippen LogP contribution in [0.2, 0.25) is 0 Å². The van der Waals surface area contributed by atoms with E-state index in [1.165, 1.54) is 24.2 Å². The number of hydrogen-bond donors (Lipinski definition) is 0. The zero-order chi connectivity index (χ0) is 21.4. The molecule has 0 amide bonds. The van der Waals surface area contributed by atoms with Crippen molar-refractivity contribution in [1.82, 2.24) is 29.3 Å². The van der Waals surface area contributed by atoms with Gasteiger partial charge in [-0.1, -0.05) is 27.7 Å². The quantitative estimate of drug-likeness (QED) is 0.745. The highest BCUT2D eigenvalue weighted by Crippen LogP contribution is 2.25. The zero-order valence-electron chi connectivity index (χ0n) is 19.8. The molecule has 2 saturated heterocycles. The first kappa shape index (κ1) is 21.6. The van der Waals surface area contributed by atoms with Crippen LogP contribution in [0.5, 0.6) is 0 Å². The molecule has 0 unspecified atom stereocenters. The van der Waals surface area contributed by atoms with Gasteiger partial charge in [0.25, 0.3) is 0 Å². The topological polar surface area (TPSA) is 42.1 Å². The van der Waals surface area contributed by atoms with Gasteiger partial charge < -0.3 is 0 Å². The Morgan fingerprint density at radius 3 is 1.40 bits per heavy atom. The van der Waals surface area contributed by atoms with Gasteiger partial charge in [-0.25, -0.2) is 4.68 Å². The molecule has 2 aromatic heterocycles. The lowest BCUT2D eigenvalue weighted by Gasteiger charge is -2.35. The van der Waals surface area contributed by atoms with Gasteiger partial charge in [0.05, 0.1) is 13.1 Å². The van der Waals surface area contributed by atoms with Crippen LogP contribution < -0.4 is 0 Å². The molecule has 30 heavy (non-hydrogen) atoms. The minimum atomic E-state index is 0.746. The molecule has 4 heterocycles. The van der Waals surface area contributed by atoms with E-state index in [1.807, 2.05) is 0 Å². The second-order valence-corrected chi connectivity index (χ2v) is 10.6. The maximum absolute atomic E-state index is 4.73. The van der Waals surface area contributed by atoms with Crippen molar-refractivity contribution >= 4 is 0 Å². The van der Waals surface area contributed by atoms with E-state index in [4.69, 9.17) is 10.2 Å². The average molecular weight is 413 g/mol. The van der Waals surface area contributed by atoms with E-state index in [-0.39, 0.29) is 0 Å². The van der Waals surface area contributed by atoms with E-state index >= 15 is 0 Å². The van der Waals surface area contributed by atoms with E-state index < -0.39 is 0 Å². The van der Waals surface area contributed by atoms with E-state index in [0.29, 0.717) is 0 Å². The molecule has 0 aromatic carbocycles. The molecular weight excluding hydrogens is 372 g/mol. The molecule has 6 nitrogen and oxygen atoms in total. The molecule has 0 radical (unpaired) electrons. The van der Waals surface area contributed by atoms with Crippen LogP contribution in [-0.2, 0) is 13.1 Å². The summed E-state index contributed by atoms with van der Waals surface area (Å²) in [7, 11) is 0. The number of rotatable bonds is 5. The van der Waals surface area contributed by atoms with Crippen LogP contribution in [0, 0.1) is 37.5 Å². The largest absolute Gasteiger partial charge is 0.295 e. The molecule has 4 atom stereocenters. The first-order chi connectivity index (χ1) is 14.3. The highest BCUT2D eigenvalue weighted by molar-refractivity contribution is 5.16. The molecule has 4 rings (SSSR count).